The fraction of sp³-hybridized carbons (Fsp3) is 0.214. The van der Waals surface area contributed by atoms with E-state index in [-0.39, 0.29) is 18.3 Å². The second kappa shape index (κ2) is 9.54. The molecule has 0 fully saturated rings. The van der Waals surface area contributed by atoms with Crippen LogP contribution >= 0.6 is 0 Å². The first-order valence-corrected chi connectivity index (χ1v) is 11.3. The Morgan fingerprint density at radius 1 is 0.943 bits per heavy atom. The molecule has 0 N–H and O–H groups in total. The lowest BCUT2D eigenvalue weighted by Crippen LogP contribution is -2.38. The number of methoxy groups -OCH3 is 2. The number of hydrogen-bond acceptors (Lipinski definition) is 6. The summed E-state index contributed by atoms with van der Waals surface area (Å²) in [6, 6.07) is 18.2. The summed E-state index contributed by atoms with van der Waals surface area (Å²) in [5, 5.41) is 0.650. The average molecular weight is 472 g/mol. The second-order valence-corrected chi connectivity index (χ2v) is 8.33. The maximum atomic E-state index is 12.9. The predicted molar refractivity (Wildman–Crippen MR) is 130 cm³/mol. The van der Waals surface area contributed by atoms with Crippen LogP contribution in [0.25, 0.3) is 11.0 Å². The first kappa shape index (κ1) is 22.5. The van der Waals surface area contributed by atoms with Gasteiger partial charge in [0.2, 0.25) is 0 Å². The minimum atomic E-state index is -0.128. The Labute approximate surface area is 202 Å². The summed E-state index contributed by atoms with van der Waals surface area (Å²) in [6.45, 7) is 0.976. The third kappa shape index (κ3) is 4.45. The van der Waals surface area contributed by atoms with Gasteiger partial charge in [-0.1, -0.05) is 30.3 Å². The Kier molecular flexibility index (Phi) is 6.14. The highest BCUT2D eigenvalue weighted by Crippen LogP contribution is 2.33. The topological polar surface area (TPSA) is 78.2 Å². The molecule has 4 aromatic rings. The van der Waals surface area contributed by atoms with E-state index in [0.29, 0.717) is 52.4 Å². The van der Waals surface area contributed by atoms with Gasteiger partial charge in [0.25, 0.3) is 5.91 Å². The Bertz CT molecular complexity index is 1390. The van der Waals surface area contributed by atoms with Crippen LogP contribution in [0.2, 0.25) is 0 Å². The van der Waals surface area contributed by atoms with Crippen LogP contribution in [-0.2, 0) is 17.8 Å². The van der Waals surface area contributed by atoms with Gasteiger partial charge in [-0.15, -0.1) is 0 Å². The highest BCUT2D eigenvalue weighted by Gasteiger charge is 2.23. The van der Waals surface area contributed by atoms with Crippen molar-refractivity contribution >= 4 is 22.7 Å². The summed E-state index contributed by atoms with van der Waals surface area (Å²) >= 11 is 0. The van der Waals surface area contributed by atoms with E-state index in [4.69, 9.17) is 18.6 Å². The largest absolute Gasteiger partial charge is 0.493 e. The van der Waals surface area contributed by atoms with Gasteiger partial charge in [0.15, 0.2) is 23.9 Å². The third-order valence-electron chi connectivity index (χ3n) is 6.26. The molecule has 0 atom stereocenters. The van der Waals surface area contributed by atoms with Crippen molar-refractivity contribution in [3.05, 3.63) is 89.2 Å². The number of rotatable bonds is 7. The molecule has 0 radical (unpaired) electrons. The normalized spacial score (nSPS) is 12.8. The zero-order valence-electron chi connectivity index (χ0n) is 19.6. The lowest BCUT2D eigenvalue weighted by molar-refractivity contribution is -0.134. The molecule has 7 heteroatoms. The number of amides is 1. The van der Waals surface area contributed by atoms with Crippen molar-refractivity contribution in [2.24, 2.45) is 0 Å². The van der Waals surface area contributed by atoms with E-state index in [9.17, 15) is 9.59 Å². The van der Waals surface area contributed by atoms with Crippen LogP contribution in [0.15, 0.2) is 71.3 Å². The molecule has 0 saturated heterocycles. The van der Waals surface area contributed by atoms with E-state index in [1.807, 2.05) is 30.3 Å². The number of benzene rings is 3. The van der Waals surface area contributed by atoms with Crippen molar-refractivity contribution in [1.82, 2.24) is 4.90 Å². The van der Waals surface area contributed by atoms with Gasteiger partial charge in [0.1, 0.15) is 17.6 Å². The van der Waals surface area contributed by atoms with Crippen LogP contribution in [0.4, 0.5) is 0 Å². The highest BCUT2D eigenvalue weighted by atomic mass is 16.5. The molecule has 0 bridgehead atoms. The number of carbonyl (C=O) groups excluding carboxylic acids is 2. The van der Waals surface area contributed by atoms with Gasteiger partial charge in [0, 0.05) is 24.0 Å². The number of ether oxygens (including phenoxy) is 3. The van der Waals surface area contributed by atoms with E-state index in [0.717, 1.165) is 17.5 Å². The molecule has 0 unspecified atom stereocenters. The molecule has 1 aliphatic rings. The van der Waals surface area contributed by atoms with Gasteiger partial charge < -0.3 is 23.5 Å². The van der Waals surface area contributed by atoms with Gasteiger partial charge >= 0.3 is 0 Å². The Balaban J connectivity index is 1.28. The molecule has 1 amide bonds. The number of hydrogen-bond donors (Lipinski definition) is 0. The molecule has 5 rings (SSSR count). The molecule has 3 aromatic carbocycles. The quantitative estimate of drug-likeness (QED) is 0.365. The maximum Gasteiger partial charge on any atom is 0.260 e. The number of ketones is 1. The standard InChI is InChI=1S/C28H25NO6/c1-32-25-12-19-10-11-29(15-20(19)13-26(25)33-2)27(30)17-34-21-8-9-24-22(14-21)23(16-35-24)28(31)18-6-4-3-5-7-18/h3-9,12-14,16H,10-11,15,17H2,1-2H3. The van der Waals surface area contributed by atoms with Crippen LogP contribution in [0, 0.1) is 0 Å². The Morgan fingerprint density at radius 2 is 1.69 bits per heavy atom. The summed E-state index contributed by atoms with van der Waals surface area (Å²) in [5.41, 5.74) is 3.80. The average Bonchev–Trinajstić information content (AvgIpc) is 3.33. The van der Waals surface area contributed by atoms with E-state index >= 15 is 0 Å². The molecular weight excluding hydrogens is 446 g/mol. The van der Waals surface area contributed by atoms with Crippen molar-refractivity contribution in [2.45, 2.75) is 13.0 Å². The van der Waals surface area contributed by atoms with Gasteiger partial charge in [-0.2, -0.15) is 0 Å². The summed E-state index contributed by atoms with van der Waals surface area (Å²) in [7, 11) is 3.21. The number of fused-ring (bicyclic) bond motifs is 2. The molecular formula is C28H25NO6. The van der Waals surface area contributed by atoms with Crippen molar-refractivity contribution in [3.8, 4) is 17.2 Å². The SMILES string of the molecule is COc1cc2c(cc1OC)CN(C(=O)COc1ccc3occ(C(=O)c4ccccc4)c3c1)CC2. The molecule has 0 aliphatic carbocycles. The molecule has 178 valence electrons. The fourth-order valence-corrected chi connectivity index (χ4v) is 4.35. The number of nitrogens with zero attached hydrogens (tertiary/aromatic N) is 1. The van der Waals surface area contributed by atoms with Crippen molar-refractivity contribution < 1.29 is 28.2 Å². The zero-order chi connectivity index (χ0) is 24.4. The summed E-state index contributed by atoms with van der Waals surface area (Å²) in [4.78, 5) is 27.6. The van der Waals surface area contributed by atoms with Gasteiger partial charge in [-0.25, -0.2) is 0 Å². The molecule has 35 heavy (non-hydrogen) atoms. The second-order valence-electron chi connectivity index (χ2n) is 8.33. The van der Waals surface area contributed by atoms with E-state index in [1.165, 1.54) is 6.26 Å². The van der Waals surface area contributed by atoms with E-state index < -0.39 is 0 Å². The first-order chi connectivity index (χ1) is 17.1. The first-order valence-electron chi connectivity index (χ1n) is 11.3. The number of furan rings is 1. The molecule has 0 spiro atoms. The molecule has 2 heterocycles. The highest BCUT2D eigenvalue weighted by molar-refractivity contribution is 6.16. The Hall–Kier alpha value is -4.26. The van der Waals surface area contributed by atoms with Crippen LogP contribution in [0.1, 0.15) is 27.0 Å². The fourth-order valence-electron chi connectivity index (χ4n) is 4.35. The van der Waals surface area contributed by atoms with Crippen molar-refractivity contribution in [2.75, 3.05) is 27.4 Å². The van der Waals surface area contributed by atoms with Gasteiger partial charge in [0.05, 0.1) is 19.8 Å². The van der Waals surface area contributed by atoms with Gasteiger partial charge in [-0.3, -0.25) is 9.59 Å². The van der Waals surface area contributed by atoms with E-state index in [1.54, 1.807) is 49.5 Å². The maximum absolute atomic E-state index is 12.9. The summed E-state index contributed by atoms with van der Waals surface area (Å²) < 4.78 is 22.2. The lowest BCUT2D eigenvalue weighted by Gasteiger charge is -2.29. The van der Waals surface area contributed by atoms with Crippen molar-refractivity contribution in [1.29, 1.82) is 0 Å². The van der Waals surface area contributed by atoms with Crippen molar-refractivity contribution in [3.63, 3.8) is 0 Å². The molecule has 1 aromatic heterocycles. The molecule has 1 aliphatic heterocycles. The van der Waals surface area contributed by atoms with Crippen LogP contribution in [0.3, 0.4) is 0 Å². The minimum Gasteiger partial charge on any atom is -0.493 e. The summed E-state index contributed by atoms with van der Waals surface area (Å²) in [5.74, 6) is 1.59. The van der Waals surface area contributed by atoms with Gasteiger partial charge in [-0.05, 0) is 47.9 Å². The number of carbonyl (C=O) groups is 2. The lowest BCUT2D eigenvalue weighted by atomic mass is 9.99. The van der Waals surface area contributed by atoms with Crippen LogP contribution < -0.4 is 14.2 Å². The Morgan fingerprint density at radius 3 is 2.43 bits per heavy atom. The van der Waals surface area contributed by atoms with Crippen LogP contribution in [-0.4, -0.2) is 44.0 Å². The predicted octanol–water partition coefficient (Wildman–Crippen LogP) is 4.64. The smallest absolute Gasteiger partial charge is 0.260 e. The monoisotopic (exact) mass is 471 g/mol. The van der Waals surface area contributed by atoms with Crippen LogP contribution in [0.5, 0.6) is 17.2 Å². The zero-order valence-corrected chi connectivity index (χ0v) is 19.6. The molecule has 0 saturated carbocycles. The minimum absolute atomic E-state index is 0.103. The molecule has 7 nitrogen and oxygen atoms in total. The van der Waals surface area contributed by atoms with E-state index in [2.05, 4.69) is 0 Å². The third-order valence-corrected chi connectivity index (χ3v) is 6.26. The summed E-state index contributed by atoms with van der Waals surface area (Å²) in [6.07, 6.45) is 2.19.